The maximum atomic E-state index is 4.08. The van der Waals surface area contributed by atoms with Crippen LogP contribution in [0.4, 0.5) is 0 Å². The molecule has 0 heterocycles. The molecule has 0 aromatic carbocycles. The molecule has 1 nitrogen and oxygen atoms in total. The second-order valence-corrected chi connectivity index (χ2v) is 8.66. The lowest BCUT2D eigenvalue weighted by Gasteiger charge is -2.39. The first-order valence-corrected chi connectivity index (χ1v) is 8.53. The van der Waals surface area contributed by atoms with Crippen molar-refractivity contribution in [2.24, 2.45) is 0 Å². The summed E-state index contributed by atoms with van der Waals surface area (Å²) < 4.78 is 2.74. The van der Waals surface area contributed by atoms with Gasteiger partial charge >= 0.3 is 0 Å². The Labute approximate surface area is 91.3 Å². The molecule has 0 spiro atoms. The van der Waals surface area contributed by atoms with E-state index in [-0.39, 0.29) is 0 Å². The lowest BCUT2D eigenvalue weighted by molar-refractivity contribution is 0.417. The van der Waals surface area contributed by atoms with E-state index in [1.165, 1.54) is 38.0 Å². The second kappa shape index (κ2) is 7.24. The van der Waals surface area contributed by atoms with Crippen molar-refractivity contribution in [3.05, 3.63) is 12.3 Å². The van der Waals surface area contributed by atoms with Gasteiger partial charge in [0.15, 0.2) is 8.24 Å². The molecule has 2 heteroatoms. The molecule has 0 saturated heterocycles. The van der Waals surface area contributed by atoms with E-state index in [0.717, 1.165) is 0 Å². The van der Waals surface area contributed by atoms with E-state index in [9.17, 15) is 0 Å². The third-order valence-electron chi connectivity index (χ3n) is 3.22. The number of nitrogens with zero attached hydrogens (tertiary/aromatic N) is 1. The number of hydrogen-bond acceptors (Lipinski definition) is 1. The van der Waals surface area contributed by atoms with E-state index in [1.807, 2.05) is 0 Å². The first kappa shape index (κ1) is 13.9. The van der Waals surface area contributed by atoms with Crippen molar-refractivity contribution in [1.29, 1.82) is 0 Å². The van der Waals surface area contributed by atoms with Crippen molar-refractivity contribution in [1.82, 2.24) is 4.57 Å². The van der Waals surface area contributed by atoms with E-state index < -0.39 is 8.24 Å². The average molecular weight is 213 g/mol. The van der Waals surface area contributed by atoms with Crippen LogP contribution in [0, 0.1) is 0 Å². The lowest BCUT2D eigenvalue weighted by Crippen LogP contribution is -2.52. The van der Waals surface area contributed by atoms with Crippen LogP contribution in [0.15, 0.2) is 12.3 Å². The van der Waals surface area contributed by atoms with Gasteiger partial charge in [-0.1, -0.05) is 33.4 Å². The molecule has 0 fully saturated rings. The van der Waals surface area contributed by atoms with Crippen LogP contribution in [-0.2, 0) is 0 Å². The summed E-state index contributed by atoms with van der Waals surface area (Å²) in [5, 5.41) is 0. The summed E-state index contributed by atoms with van der Waals surface area (Å²) in [6.45, 7) is 15.8. The van der Waals surface area contributed by atoms with Crippen molar-refractivity contribution in [2.75, 3.05) is 13.1 Å². The van der Waals surface area contributed by atoms with Crippen LogP contribution < -0.4 is 0 Å². The zero-order chi connectivity index (χ0) is 11.0. The molecule has 0 aliphatic heterocycles. The topological polar surface area (TPSA) is 3.24 Å². The molecule has 0 unspecified atom stereocenters. The minimum Gasteiger partial charge on any atom is -0.320 e. The molecular formula is C12H27NSi. The summed E-state index contributed by atoms with van der Waals surface area (Å²) >= 11 is 0. The van der Waals surface area contributed by atoms with Gasteiger partial charge < -0.3 is 4.57 Å². The Balaban J connectivity index is 4.60. The number of hydrogen-bond donors (Lipinski definition) is 0. The summed E-state index contributed by atoms with van der Waals surface area (Å²) in [6.07, 6.45) is 2.53. The highest BCUT2D eigenvalue weighted by Crippen LogP contribution is 2.22. The predicted molar refractivity (Wildman–Crippen MR) is 69.1 cm³/mol. The maximum Gasteiger partial charge on any atom is 0.151 e. The monoisotopic (exact) mass is 213 g/mol. The van der Waals surface area contributed by atoms with E-state index in [4.69, 9.17) is 0 Å². The maximum absolute atomic E-state index is 4.08. The van der Waals surface area contributed by atoms with Crippen LogP contribution in [0.25, 0.3) is 0 Å². The van der Waals surface area contributed by atoms with Gasteiger partial charge in [0, 0.05) is 0 Å². The van der Waals surface area contributed by atoms with Gasteiger partial charge in [-0.25, -0.2) is 0 Å². The third kappa shape index (κ3) is 3.25. The molecule has 0 aliphatic rings. The van der Waals surface area contributed by atoms with Crippen LogP contribution in [0.1, 0.15) is 40.5 Å². The predicted octanol–water partition coefficient (Wildman–Crippen LogP) is 3.82. The van der Waals surface area contributed by atoms with Crippen LogP contribution in [0.5, 0.6) is 0 Å². The van der Waals surface area contributed by atoms with Crippen molar-refractivity contribution >= 4 is 8.24 Å². The highest BCUT2D eigenvalue weighted by molar-refractivity contribution is 6.81. The summed E-state index contributed by atoms with van der Waals surface area (Å²) in [7, 11) is -1.29. The first-order valence-electron chi connectivity index (χ1n) is 6.09. The quantitative estimate of drug-likeness (QED) is 0.554. The highest BCUT2D eigenvalue weighted by Gasteiger charge is 2.31. The Bertz CT molecular complexity index is 146. The minimum atomic E-state index is -1.29. The van der Waals surface area contributed by atoms with Gasteiger partial charge in [-0.05, 0) is 38.0 Å². The molecule has 0 radical (unpaired) electrons. The Morgan fingerprint density at radius 2 is 1.43 bits per heavy atom. The van der Waals surface area contributed by atoms with Gasteiger partial charge in [0.2, 0.25) is 0 Å². The minimum absolute atomic E-state index is 1.26. The first-order chi connectivity index (χ1) is 6.70. The van der Waals surface area contributed by atoms with Gasteiger partial charge in [0.05, 0.1) is 0 Å². The SMILES string of the molecule is C=C[Si](CC)(CC)N(CCC)CCC. The summed E-state index contributed by atoms with van der Waals surface area (Å²) in [4.78, 5) is 0. The summed E-state index contributed by atoms with van der Waals surface area (Å²) in [6, 6.07) is 2.62. The van der Waals surface area contributed by atoms with Gasteiger partial charge in [-0.2, -0.15) is 0 Å². The Kier molecular flexibility index (Phi) is 7.20. The van der Waals surface area contributed by atoms with E-state index in [1.54, 1.807) is 0 Å². The van der Waals surface area contributed by atoms with Gasteiger partial charge in [0.25, 0.3) is 0 Å². The third-order valence-corrected chi connectivity index (χ3v) is 8.14. The van der Waals surface area contributed by atoms with Gasteiger partial charge in [-0.15, -0.1) is 6.58 Å². The van der Waals surface area contributed by atoms with E-state index in [0.29, 0.717) is 0 Å². The van der Waals surface area contributed by atoms with Crippen molar-refractivity contribution in [2.45, 2.75) is 52.6 Å². The largest absolute Gasteiger partial charge is 0.320 e. The zero-order valence-corrected chi connectivity index (χ0v) is 11.5. The molecule has 0 rings (SSSR count). The normalized spacial score (nSPS) is 12.1. The van der Waals surface area contributed by atoms with E-state index in [2.05, 4.69) is 44.5 Å². The molecule has 0 amide bonds. The molecule has 0 aliphatic carbocycles. The smallest absolute Gasteiger partial charge is 0.151 e. The van der Waals surface area contributed by atoms with Crippen LogP contribution in [0.2, 0.25) is 12.1 Å². The Morgan fingerprint density at radius 3 is 1.64 bits per heavy atom. The standard InChI is InChI=1S/C12H27NSi/c1-6-11-13(12-7-2)14(8-3,9-4)10-5/h8H,3,6-7,9-12H2,1-2,4-5H3. The van der Waals surface area contributed by atoms with Gasteiger partial charge in [0.1, 0.15) is 0 Å². The zero-order valence-electron chi connectivity index (χ0n) is 10.5. The Hall–Kier alpha value is -0.0831. The fraction of sp³-hybridized carbons (Fsp3) is 0.833. The summed E-state index contributed by atoms with van der Waals surface area (Å²) in [5.41, 5.74) is 2.29. The fourth-order valence-electron chi connectivity index (χ4n) is 2.21. The van der Waals surface area contributed by atoms with Crippen molar-refractivity contribution < 1.29 is 0 Å². The highest BCUT2D eigenvalue weighted by atomic mass is 28.3. The molecule has 84 valence electrons. The molecular weight excluding hydrogens is 186 g/mol. The molecule has 0 bridgehead atoms. The van der Waals surface area contributed by atoms with Gasteiger partial charge in [-0.3, -0.25) is 0 Å². The molecule has 14 heavy (non-hydrogen) atoms. The Morgan fingerprint density at radius 1 is 1.00 bits per heavy atom. The summed E-state index contributed by atoms with van der Waals surface area (Å²) in [5.74, 6) is 0. The fourth-order valence-corrected chi connectivity index (χ4v) is 5.78. The van der Waals surface area contributed by atoms with E-state index >= 15 is 0 Å². The van der Waals surface area contributed by atoms with Crippen molar-refractivity contribution in [3.63, 3.8) is 0 Å². The molecule has 0 atom stereocenters. The van der Waals surface area contributed by atoms with Crippen LogP contribution in [0.3, 0.4) is 0 Å². The lowest BCUT2D eigenvalue weighted by atomic mass is 10.4. The molecule has 0 aromatic rings. The average Bonchev–Trinajstić information content (AvgIpc) is 2.22. The molecule has 0 saturated carbocycles. The molecule has 0 N–H and O–H groups in total. The van der Waals surface area contributed by atoms with Crippen LogP contribution in [-0.4, -0.2) is 25.9 Å². The van der Waals surface area contributed by atoms with Crippen LogP contribution >= 0.6 is 0 Å². The number of rotatable bonds is 8. The molecule has 0 aromatic heterocycles. The second-order valence-electron chi connectivity index (χ2n) is 4.00. The van der Waals surface area contributed by atoms with Crippen molar-refractivity contribution in [3.8, 4) is 0 Å².